The van der Waals surface area contributed by atoms with Crippen LogP contribution in [0.5, 0.6) is 5.75 Å². The standard InChI is InChI=1S/C23H32N2O8/c1-4-5-6-7-9-16-19(27)14(3)33-23(31)18(13(2)32-22(16)30)25-21(29)15-10-8-11-17(20(15)28)24-12-26/h8,10-14,16,18-19,27-28H,4-7,9H2,1-3H3,(H,24,26)(H,25,29). The van der Waals surface area contributed by atoms with E-state index in [1.54, 1.807) is 0 Å². The second-order valence-electron chi connectivity index (χ2n) is 8.15. The molecule has 1 aliphatic rings. The predicted molar refractivity (Wildman–Crippen MR) is 118 cm³/mol. The van der Waals surface area contributed by atoms with Gasteiger partial charge >= 0.3 is 11.9 Å². The van der Waals surface area contributed by atoms with Crippen LogP contribution >= 0.6 is 0 Å². The fourth-order valence-corrected chi connectivity index (χ4v) is 3.70. The van der Waals surface area contributed by atoms with E-state index in [1.807, 2.05) is 0 Å². The molecule has 0 radical (unpaired) electrons. The van der Waals surface area contributed by atoms with Gasteiger partial charge in [-0.2, -0.15) is 0 Å². The van der Waals surface area contributed by atoms with Gasteiger partial charge in [0.1, 0.15) is 18.3 Å². The van der Waals surface area contributed by atoms with Crippen molar-refractivity contribution in [3.05, 3.63) is 23.8 Å². The predicted octanol–water partition coefficient (Wildman–Crippen LogP) is 1.88. The number of esters is 2. The van der Waals surface area contributed by atoms with E-state index < -0.39 is 53.9 Å². The van der Waals surface area contributed by atoms with Crippen LogP contribution in [0.25, 0.3) is 0 Å². The van der Waals surface area contributed by atoms with Crippen LogP contribution in [0.1, 0.15) is 63.2 Å². The number of hydrogen-bond acceptors (Lipinski definition) is 8. The zero-order valence-electron chi connectivity index (χ0n) is 19.1. The molecule has 0 aliphatic carbocycles. The van der Waals surface area contributed by atoms with Crippen molar-refractivity contribution in [3.8, 4) is 5.75 Å². The molecule has 0 bridgehead atoms. The molecule has 1 aliphatic heterocycles. The number of hydrogen-bond donors (Lipinski definition) is 4. The number of carbonyl (C=O) groups is 4. The van der Waals surface area contributed by atoms with E-state index in [-0.39, 0.29) is 11.3 Å². The van der Waals surface area contributed by atoms with E-state index in [2.05, 4.69) is 17.6 Å². The maximum absolute atomic E-state index is 12.8. The van der Waals surface area contributed by atoms with E-state index in [0.29, 0.717) is 19.3 Å². The Morgan fingerprint density at radius 1 is 1.09 bits per heavy atom. The SMILES string of the molecule is CCCCCCC1C(=O)OC(C)C(NC(=O)c2cccc(NC=O)c2O)C(=O)OC(C)C1O. The average Bonchev–Trinajstić information content (AvgIpc) is 2.79. The summed E-state index contributed by atoms with van der Waals surface area (Å²) in [5.74, 6) is -3.74. The van der Waals surface area contributed by atoms with Gasteiger partial charge < -0.3 is 30.3 Å². The second kappa shape index (κ2) is 12.2. The highest BCUT2D eigenvalue weighted by molar-refractivity contribution is 6.01. The van der Waals surface area contributed by atoms with Gasteiger partial charge in [-0.25, -0.2) is 4.79 Å². The number of rotatable bonds is 9. The molecule has 0 saturated carbocycles. The maximum atomic E-state index is 12.8. The van der Waals surface area contributed by atoms with Crippen LogP contribution in [0.4, 0.5) is 5.69 Å². The Labute approximate surface area is 192 Å². The third-order valence-corrected chi connectivity index (χ3v) is 5.67. The first-order valence-electron chi connectivity index (χ1n) is 11.1. The summed E-state index contributed by atoms with van der Waals surface area (Å²) < 4.78 is 10.8. The topological polar surface area (TPSA) is 151 Å². The molecule has 5 unspecified atom stereocenters. The van der Waals surface area contributed by atoms with E-state index in [0.717, 1.165) is 19.3 Å². The molecule has 10 nitrogen and oxygen atoms in total. The van der Waals surface area contributed by atoms with Crippen LogP contribution in [-0.2, 0) is 23.9 Å². The van der Waals surface area contributed by atoms with Gasteiger partial charge in [0.05, 0.1) is 17.2 Å². The quantitative estimate of drug-likeness (QED) is 0.187. The molecule has 1 heterocycles. The molecule has 1 fully saturated rings. The van der Waals surface area contributed by atoms with Crippen LogP contribution in [-0.4, -0.2) is 58.8 Å². The Balaban J connectivity index is 2.21. The van der Waals surface area contributed by atoms with Gasteiger partial charge in [-0.15, -0.1) is 0 Å². The maximum Gasteiger partial charge on any atom is 0.332 e. The number of ether oxygens (including phenoxy) is 2. The molecule has 5 atom stereocenters. The zero-order chi connectivity index (χ0) is 24.5. The Morgan fingerprint density at radius 2 is 1.79 bits per heavy atom. The highest BCUT2D eigenvalue weighted by Crippen LogP contribution is 2.28. The lowest BCUT2D eigenvalue weighted by Crippen LogP contribution is -2.50. The van der Waals surface area contributed by atoms with Crippen molar-refractivity contribution in [2.75, 3.05) is 5.32 Å². The van der Waals surface area contributed by atoms with Crippen molar-refractivity contribution in [1.82, 2.24) is 5.32 Å². The largest absolute Gasteiger partial charge is 0.505 e. The number of para-hydroxylation sites is 1. The van der Waals surface area contributed by atoms with E-state index >= 15 is 0 Å². The number of amides is 2. The molecule has 2 rings (SSSR count). The Hall–Kier alpha value is -3.14. The summed E-state index contributed by atoms with van der Waals surface area (Å²) in [4.78, 5) is 49.0. The minimum Gasteiger partial charge on any atom is -0.505 e. The lowest BCUT2D eigenvalue weighted by molar-refractivity contribution is -0.160. The minimum atomic E-state index is -1.38. The second-order valence-corrected chi connectivity index (χ2v) is 8.15. The number of aliphatic hydroxyl groups excluding tert-OH is 1. The van der Waals surface area contributed by atoms with Crippen molar-refractivity contribution in [1.29, 1.82) is 0 Å². The molecule has 1 aromatic rings. The number of aromatic hydroxyl groups is 1. The van der Waals surface area contributed by atoms with Crippen molar-refractivity contribution in [2.45, 2.75) is 77.2 Å². The van der Waals surface area contributed by atoms with Gasteiger partial charge in [0.25, 0.3) is 5.91 Å². The highest BCUT2D eigenvalue weighted by atomic mass is 16.6. The van der Waals surface area contributed by atoms with Crippen LogP contribution in [0.15, 0.2) is 18.2 Å². The molecule has 4 N–H and O–H groups in total. The van der Waals surface area contributed by atoms with E-state index in [4.69, 9.17) is 9.47 Å². The summed E-state index contributed by atoms with van der Waals surface area (Å²) in [7, 11) is 0. The number of unbranched alkanes of at least 4 members (excludes halogenated alkanes) is 3. The number of nitrogens with one attached hydrogen (secondary N) is 2. The summed E-state index contributed by atoms with van der Waals surface area (Å²) >= 11 is 0. The Kier molecular flexibility index (Phi) is 9.65. The molecular formula is C23H32N2O8. The monoisotopic (exact) mass is 464 g/mol. The number of carbonyl (C=O) groups excluding carboxylic acids is 4. The van der Waals surface area contributed by atoms with Crippen molar-refractivity contribution in [2.24, 2.45) is 5.92 Å². The number of phenols is 1. The van der Waals surface area contributed by atoms with Gasteiger partial charge in [-0.1, -0.05) is 38.7 Å². The smallest absolute Gasteiger partial charge is 0.332 e. The van der Waals surface area contributed by atoms with Gasteiger partial charge in [0, 0.05) is 0 Å². The number of cyclic esters (lactones) is 2. The third kappa shape index (κ3) is 6.67. The number of aliphatic hydroxyl groups is 1. The van der Waals surface area contributed by atoms with Crippen LogP contribution in [0.3, 0.4) is 0 Å². The zero-order valence-corrected chi connectivity index (χ0v) is 19.1. The fraction of sp³-hybridized carbons (Fsp3) is 0.565. The molecule has 182 valence electrons. The normalized spacial score (nSPS) is 25.6. The summed E-state index contributed by atoms with van der Waals surface area (Å²) in [6.45, 7) is 4.98. The molecule has 0 aromatic heterocycles. The van der Waals surface area contributed by atoms with E-state index in [9.17, 15) is 29.4 Å². The Bertz CT molecular complexity index is 859. The summed E-state index contributed by atoms with van der Waals surface area (Å²) in [5.41, 5.74) is -0.188. The van der Waals surface area contributed by atoms with Crippen molar-refractivity contribution < 1.29 is 38.9 Å². The summed E-state index contributed by atoms with van der Waals surface area (Å²) in [5, 5.41) is 25.6. The first-order valence-corrected chi connectivity index (χ1v) is 11.1. The molecular weight excluding hydrogens is 432 g/mol. The van der Waals surface area contributed by atoms with Gasteiger partial charge in [0.2, 0.25) is 6.41 Å². The van der Waals surface area contributed by atoms with Crippen molar-refractivity contribution >= 4 is 29.9 Å². The highest BCUT2D eigenvalue weighted by Gasteiger charge is 2.41. The number of phenolic OH excluding ortho intramolecular Hbond substituents is 1. The summed E-state index contributed by atoms with van der Waals surface area (Å²) in [6.07, 6.45) is 1.02. The molecule has 1 aromatic carbocycles. The van der Waals surface area contributed by atoms with Crippen LogP contribution in [0.2, 0.25) is 0 Å². The fourth-order valence-electron chi connectivity index (χ4n) is 3.70. The first-order chi connectivity index (χ1) is 15.7. The lowest BCUT2D eigenvalue weighted by Gasteiger charge is -2.24. The molecule has 33 heavy (non-hydrogen) atoms. The average molecular weight is 465 g/mol. The number of anilines is 1. The first kappa shape index (κ1) is 26.1. The van der Waals surface area contributed by atoms with Gasteiger partial charge in [-0.3, -0.25) is 14.4 Å². The summed E-state index contributed by atoms with van der Waals surface area (Å²) in [6, 6.07) is 2.75. The third-order valence-electron chi connectivity index (χ3n) is 5.67. The van der Waals surface area contributed by atoms with Crippen molar-refractivity contribution in [3.63, 3.8) is 0 Å². The minimum absolute atomic E-state index is 0.0110. The van der Waals surface area contributed by atoms with Gasteiger partial charge in [-0.05, 0) is 32.4 Å². The molecule has 0 spiro atoms. The van der Waals surface area contributed by atoms with Crippen LogP contribution < -0.4 is 10.6 Å². The molecule has 1 saturated heterocycles. The lowest BCUT2D eigenvalue weighted by atomic mass is 9.92. The molecule has 10 heteroatoms. The van der Waals surface area contributed by atoms with Crippen LogP contribution in [0, 0.1) is 5.92 Å². The Morgan fingerprint density at radius 3 is 2.45 bits per heavy atom. The van der Waals surface area contributed by atoms with Gasteiger partial charge in [0.15, 0.2) is 11.8 Å². The number of benzene rings is 1. The van der Waals surface area contributed by atoms with E-state index in [1.165, 1.54) is 32.0 Å². The molecule has 2 amide bonds.